The number of aliphatic carboxylic acids is 2. The number of hydrogen-bond acceptors (Lipinski definition) is 5. The zero-order chi connectivity index (χ0) is 18.3. The summed E-state index contributed by atoms with van der Waals surface area (Å²) in [5, 5.41) is 27.6. The molecule has 0 saturated carbocycles. The Labute approximate surface area is 133 Å². The Hall–Kier alpha value is -3.05. The molecule has 0 amide bonds. The number of hydrogen-bond donors (Lipinski definition) is 2. The van der Waals surface area contributed by atoms with Crippen LogP contribution < -0.4 is 4.68 Å². The number of halogens is 3. The predicted molar refractivity (Wildman–Crippen MR) is 70.4 cm³/mol. The second kappa shape index (κ2) is 7.99. The van der Waals surface area contributed by atoms with Crippen LogP contribution in [0.2, 0.25) is 0 Å². The van der Waals surface area contributed by atoms with Crippen molar-refractivity contribution in [1.82, 2.24) is 20.1 Å². The summed E-state index contributed by atoms with van der Waals surface area (Å²) < 4.78 is 34.9. The van der Waals surface area contributed by atoms with Gasteiger partial charge < -0.3 is 10.2 Å². The molecule has 0 unspecified atom stereocenters. The molecule has 0 bridgehead atoms. The van der Waals surface area contributed by atoms with Gasteiger partial charge in [0.2, 0.25) is 0 Å². The molecule has 2 heterocycles. The zero-order valence-corrected chi connectivity index (χ0v) is 12.3. The molecule has 2 N–H and O–H groups in total. The van der Waals surface area contributed by atoms with Gasteiger partial charge in [-0.05, 0) is 5.10 Å². The maximum atomic E-state index is 10.6. The normalized spacial score (nSPS) is 10.7. The summed E-state index contributed by atoms with van der Waals surface area (Å²) in [6.45, 7) is 0.357. The van der Waals surface area contributed by atoms with Gasteiger partial charge in [-0.3, -0.25) is 9.48 Å². The molecule has 2 aromatic rings. The van der Waals surface area contributed by atoms with Gasteiger partial charge in [0.25, 0.3) is 0 Å². The fourth-order valence-corrected chi connectivity index (χ4v) is 1.36. The van der Waals surface area contributed by atoms with Crippen molar-refractivity contribution in [3.63, 3.8) is 0 Å². The third kappa shape index (κ3) is 6.37. The summed E-state index contributed by atoms with van der Waals surface area (Å²) >= 11 is 0. The molecule has 0 aliphatic heterocycles. The van der Waals surface area contributed by atoms with E-state index in [2.05, 4.69) is 15.4 Å². The first-order valence-electron chi connectivity index (χ1n) is 6.34. The van der Waals surface area contributed by atoms with Crippen LogP contribution >= 0.6 is 0 Å². The Morgan fingerprint density at radius 1 is 1.33 bits per heavy atom. The van der Waals surface area contributed by atoms with Gasteiger partial charge in [-0.15, -0.1) is 5.10 Å². The van der Waals surface area contributed by atoms with Crippen molar-refractivity contribution in [2.24, 2.45) is 7.05 Å². The fourth-order valence-electron chi connectivity index (χ4n) is 1.36. The summed E-state index contributed by atoms with van der Waals surface area (Å²) in [6, 6.07) is 1.83. The van der Waals surface area contributed by atoms with Gasteiger partial charge in [-0.2, -0.15) is 13.2 Å². The third-order valence-corrected chi connectivity index (χ3v) is 2.47. The first kappa shape index (κ1) is 19.0. The molecule has 0 radical (unpaired) electrons. The second-order valence-corrected chi connectivity index (χ2v) is 4.40. The number of aromatic nitrogens is 5. The number of aryl methyl sites for hydroxylation is 2. The van der Waals surface area contributed by atoms with Gasteiger partial charge in [0.15, 0.2) is 12.7 Å². The van der Waals surface area contributed by atoms with E-state index < -0.39 is 18.1 Å². The SMILES string of the molecule is Cn1cc(-c2cc[n+](CCC(=O)O)nc2)nn1.O=C(O)C(F)(F)F. The lowest BCUT2D eigenvalue weighted by Gasteiger charge is -1.94. The highest BCUT2D eigenvalue weighted by Crippen LogP contribution is 2.13. The molecule has 9 nitrogen and oxygen atoms in total. The molecule has 2 aromatic heterocycles. The number of alkyl halides is 3. The van der Waals surface area contributed by atoms with Crippen molar-refractivity contribution < 1.29 is 37.7 Å². The number of rotatable bonds is 4. The van der Waals surface area contributed by atoms with Gasteiger partial charge in [-0.1, -0.05) is 9.90 Å². The molecule has 24 heavy (non-hydrogen) atoms. The molecular weight excluding hydrogens is 335 g/mol. The van der Waals surface area contributed by atoms with Crippen LogP contribution in [0.25, 0.3) is 11.3 Å². The summed E-state index contributed by atoms with van der Waals surface area (Å²) in [4.78, 5) is 19.3. The van der Waals surface area contributed by atoms with E-state index in [-0.39, 0.29) is 6.42 Å². The number of carboxylic acids is 2. The van der Waals surface area contributed by atoms with E-state index in [9.17, 15) is 18.0 Å². The van der Waals surface area contributed by atoms with Crippen molar-refractivity contribution in [1.29, 1.82) is 0 Å². The molecule has 0 aliphatic rings. The van der Waals surface area contributed by atoms with Gasteiger partial charge in [0, 0.05) is 18.7 Å². The average molecular weight is 348 g/mol. The van der Waals surface area contributed by atoms with Gasteiger partial charge in [0.05, 0.1) is 6.20 Å². The van der Waals surface area contributed by atoms with Gasteiger partial charge >= 0.3 is 18.1 Å². The van der Waals surface area contributed by atoms with E-state index in [0.29, 0.717) is 6.54 Å². The van der Waals surface area contributed by atoms with E-state index in [0.717, 1.165) is 11.3 Å². The highest BCUT2D eigenvalue weighted by molar-refractivity contribution is 5.73. The summed E-state index contributed by atoms with van der Waals surface area (Å²) in [6.07, 6.45) is 0.138. The minimum absolute atomic E-state index is 0.0577. The lowest BCUT2D eigenvalue weighted by Crippen LogP contribution is -2.38. The smallest absolute Gasteiger partial charge is 0.481 e. The molecule has 0 atom stereocenters. The van der Waals surface area contributed by atoms with Crippen LogP contribution in [0, 0.1) is 0 Å². The average Bonchev–Trinajstić information content (AvgIpc) is 2.92. The summed E-state index contributed by atoms with van der Waals surface area (Å²) in [5.74, 6) is -3.59. The molecule has 0 fully saturated rings. The van der Waals surface area contributed by atoms with Gasteiger partial charge in [0.1, 0.15) is 18.3 Å². The van der Waals surface area contributed by atoms with Gasteiger partial charge in [-0.25, -0.2) is 4.79 Å². The fraction of sp³-hybridized carbons (Fsp3) is 0.333. The van der Waals surface area contributed by atoms with Crippen LogP contribution in [0.4, 0.5) is 13.2 Å². The topological polar surface area (TPSA) is 122 Å². The standard InChI is InChI=1S/C10H11N5O2.C2HF3O2/c1-14-7-9(12-13-14)8-2-4-15(11-6-8)5-3-10(16)17;3-2(4,5)1(6)7/h2,4,6-7H,3,5H2,1H3;(H,6,7)/p+1. The summed E-state index contributed by atoms with van der Waals surface area (Å²) in [5.41, 5.74) is 1.59. The molecule has 0 aromatic carbocycles. The van der Waals surface area contributed by atoms with E-state index in [1.54, 1.807) is 35.0 Å². The third-order valence-electron chi connectivity index (χ3n) is 2.47. The second-order valence-electron chi connectivity index (χ2n) is 4.40. The number of nitrogens with zero attached hydrogens (tertiary/aromatic N) is 5. The Balaban J connectivity index is 0.000000351. The zero-order valence-electron chi connectivity index (χ0n) is 12.3. The minimum Gasteiger partial charge on any atom is -0.481 e. The Kier molecular flexibility index (Phi) is 6.32. The van der Waals surface area contributed by atoms with E-state index >= 15 is 0 Å². The molecule has 12 heteroatoms. The monoisotopic (exact) mass is 348 g/mol. The van der Waals surface area contributed by atoms with Crippen molar-refractivity contribution >= 4 is 11.9 Å². The Morgan fingerprint density at radius 2 is 1.96 bits per heavy atom. The van der Waals surface area contributed by atoms with Crippen molar-refractivity contribution in [2.75, 3.05) is 0 Å². The van der Waals surface area contributed by atoms with Crippen LogP contribution in [0.3, 0.4) is 0 Å². The van der Waals surface area contributed by atoms with Crippen LogP contribution in [0.15, 0.2) is 24.7 Å². The van der Waals surface area contributed by atoms with Crippen LogP contribution in [-0.4, -0.2) is 48.4 Å². The number of carbonyl (C=O) groups is 2. The largest absolute Gasteiger partial charge is 0.490 e. The molecule has 0 spiro atoms. The highest BCUT2D eigenvalue weighted by Gasteiger charge is 2.38. The van der Waals surface area contributed by atoms with Crippen molar-refractivity contribution in [2.45, 2.75) is 19.1 Å². The maximum absolute atomic E-state index is 10.6. The molecule has 0 saturated heterocycles. The van der Waals surface area contributed by atoms with E-state index in [4.69, 9.17) is 15.0 Å². The molecular formula is C12H13F3N5O4+. The van der Waals surface area contributed by atoms with Crippen LogP contribution in [0.5, 0.6) is 0 Å². The maximum Gasteiger partial charge on any atom is 0.490 e. The van der Waals surface area contributed by atoms with E-state index in [1.165, 1.54) is 0 Å². The number of carboxylic acid groups (broad SMARTS) is 2. The van der Waals surface area contributed by atoms with E-state index in [1.807, 2.05) is 6.07 Å². The Morgan fingerprint density at radius 3 is 2.33 bits per heavy atom. The first-order valence-corrected chi connectivity index (χ1v) is 6.34. The van der Waals surface area contributed by atoms with Crippen molar-refractivity contribution in [3.8, 4) is 11.3 Å². The highest BCUT2D eigenvalue weighted by atomic mass is 19.4. The lowest BCUT2D eigenvalue weighted by atomic mass is 10.2. The minimum atomic E-state index is -5.08. The van der Waals surface area contributed by atoms with Crippen LogP contribution in [-0.2, 0) is 23.2 Å². The van der Waals surface area contributed by atoms with Crippen LogP contribution in [0.1, 0.15) is 6.42 Å². The molecule has 130 valence electrons. The summed E-state index contributed by atoms with van der Waals surface area (Å²) in [7, 11) is 1.79. The first-order chi connectivity index (χ1) is 11.1. The molecule has 0 aliphatic carbocycles. The predicted octanol–water partition coefficient (Wildman–Crippen LogP) is 0.273. The molecule has 2 rings (SSSR count). The van der Waals surface area contributed by atoms with Crippen molar-refractivity contribution in [3.05, 3.63) is 24.7 Å². The quantitative estimate of drug-likeness (QED) is 0.761. The lowest BCUT2D eigenvalue weighted by molar-refractivity contribution is -0.752. The Bertz CT molecular complexity index is 699.